The molecule has 1 aromatic heterocycles. The van der Waals surface area contributed by atoms with Crippen molar-refractivity contribution in [1.29, 1.82) is 0 Å². The molecule has 0 amide bonds. The summed E-state index contributed by atoms with van der Waals surface area (Å²) in [6.07, 6.45) is 4.48. The number of nitrogens with zero attached hydrogens (tertiary/aromatic N) is 2. The van der Waals surface area contributed by atoms with Crippen molar-refractivity contribution in [3.63, 3.8) is 0 Å². The molecule has 0 unspecified atom stereocenters. The molecule has 0 aliphatic heterocycles. The number of hydrogen-bond acceptors (Lipinski definition) is 4. The van der Waals surface area contributed by atoms with Gasteiger partial charge >= 0.3 is 0 Å². The molecule has 1 saturated carbocycles. The van der Waals surface area contributed by atoms with Gasteiger partial charge in [0, 0.05) is 29.6 Å². The molecule has 0 saturated heterocycles. The Morgan fingerprint density at radius 1 is 1.32 bits per heavy atom. The standard InChI is InChI=1S/C15H19N3S/c1-18(10-13-9-17-14(16)19-13)11-15(7-8-15)12-5-3-2-4-6-12/h2-6,9H,7-8,10-11H2,1H3,(H2,16,17). The fourth-order valence-corrected chi connectivity index (χ4v) is 3.48. The molecule has 2 N–H and O–H groups in total. The average molecular weight is 273 g/mol. The van der Waals surface area contributed by atoms with Crippen molar-refractivity contribution in [3.8, 4) is 0 Å². The van der Waals surface area contributed by atoms with Crippen LogP contribution < -0.4 is 5.73 Å². The second kappa shape index (κ2) is 4.94. The average Bonchev–Trinajstić information content (AvgIpc) is 3.07. The van der Waals surface area contributed by atoms with E-state index in [-0.39, 0.29) is 0 Å². The first kappa shape index (κ1) is 12.6. The van der Waals surface area contributed by atoms with E-state index in [1.54, 1.807) is 11.3 Å². The van der Waals surface area contributed by atoms with Gasteiger partial charge in [-0.1, -0.05) is 30.3 Å². The maximum absolute atomic E-state index is 5.67. The topological polar surface area (TPSA) is 42.2 Å². The van der Waals surface area contributed by atoms with E-state index < -0.39 is 0 Å². The van der Waals surface area contributed by atoms with Gasteiger partial charge in [-0.15, -0.1) is 11.3 Å². The summed E-state index contributed by atoms with van der Waals surface area (Å²) in [5.74, 6) is 0. The summed E-state index contributed by atoms with van der Waals surface area (Å²) in [5, 5.41) is 0.660. The van der Waals surface area contributed by atoms with Gasteiger partial charge in [-0.2, -0.15) is 0 Å². The molecule has 3 rings (SSSR count). The van der Waals surface area contributed by atoms with E-state index in [0.29, 0.717) is 10.5 Å². The molecule has 100 valence electrons. The maximum atomic E-state index is 5.67. The van der Waals surface area contributed by atoms with Gasteiger partial charge in [0.1, 0.15) is 0 Å². The monoisotopic (exact) mass is 273 g/mol. The minimum atomic E-state index is 0.381. The lowest BCUT2D eigenvalue weighted by molar-refractivity contribution is 0.297. The molecule has 2 aromatic rings. The number of anilines is 1. The highest BCUT2D eigenvalue weighted by Crippen LogP contribution is 2.48. The van der Waals surface area contributed by atoms with Crippen LogP contribution in [0.3, 0.4) is 0 Å². The summed E-state index contributed by atoms with van der Waals surface area (Å²) in [5.41, 5.74) is 7.53. The van der Waals surface area contributed by atoms with Gasteiger partial charge in [0.15, 0.2) is 5.13 Å². The lowest BCUT2D eigenvalue weighted by Crippen LogP contribution is -2.28. The molecule has 0 spiro atoms. The van der Waals surface area contributed by atoms with Crippen molar-refractivity contribution >= 4 is 16.5 Å². The molecular formula is C15H19N3S. The summed E-state index contributed by atoms with van der Waals surface area (Å²) >= 11 is 1.58. The SMILES string of the molecule is CN(Cc1cnc(N)s1)CC1(c2ccccc2)CC1. The lowest BCUT2D eigenvalue weighted by Gasteiger charge is -2.23. The Hall–Kier alpha value is -1.39. The summed E-state index contributed by atoms with van der Waals surface area (Å²) in [7, 11) is 2.18. The Bertz CT molecular complexity index is 546. The van der Waals surface area contributed by atoms with E-state index in [1.807, 2.05) is 6.20 Å². The molecule has 0 bridgehead atoms. The molecule has 0 radical (unpaired) electrons. The predicted octanol–water partition coefficient (Wildman–Crippen LogP) is 2.89. The van der Waals surface area contributed by atoms with Crippen molar-refractivity contribution in [2.24, 2.45) is 0 Å². The van der Waals surface area contributed by atoms with E-state index in [1.165, 1.54) is 23.3 Å². The third kappa shape index (κ3) is 2.80. The molecule has 1 aromatic carbocycles. The Morgan fingerprint density at radius 2 is 2.05 bits per heavy atom. The first-order valence-corrected chi connectivity index (χ1v) is 7.44. The van der Waals surface area contributed by atoms with Crippen LogP contribution in [0.25, 0.3) is 0 Å². The Morgan fingerprint density at radius 3 is 2.63 bits per heavy atom. The smallest absolute Gasteiger partial charge is 0.180 e. The quantitative estimate of drug-likeness (QED) is 0.911. The minimum absolute atomic E-state index is 0.381. The molecule has 0 atom stereocenters. The fraction of sp³-hybridized carbons (Fsp3) is 0.400. The molecule has 4 heteroatoms. The van der Waals surface area contributed by atoms with Crippen molar-refractivity contribution in [3.05, 3.63) is 47.0 Å². The summed E-state index contributed by atoms with van der Waals surface area (Å²) < 4.78 is 0. The van der Waals surface area contributed by atoms with Gasteiger partial charge in [-0.05, 0) is 25.5 Å². The van der Waals surface area contributed by atoms with Crippen molar-refractivity contribution in [1.82, 2.24) is 9.88 Å². The van der Waals surface area contributed by atoms with E-state index in [4.69, 9.17) is 5.73 Å². The number of nitrogens with two attached hydrogens (primary N) is 1. The molecule has 3 nitrogen and oxygen atoms in total. The van der Waals surface area contributed by atoms with Gasteiger partial charge in [-0.3, -0.25) is 0 Å². The van der Waals surface area contributed by atoms with Crippen LogP contribution in [0.4, 0.5) is 5.13 Å². The largest absolute Gasteiger partial charge is 0.375 e. The first-order chi connectivity index (χ1) is 9.18. The van der Waals surface area contributed by atoms with E-state index >= 15 is 0 Å². The van der Waals surface area contributed by atoms with Gasteiger partial charge in [0.2, 0.25) is 0 Å². The van der Waals surface area contributed by atoms with Crippen LogP contribution in [-0.4, -0.2) is 23.5 Å². The second-order valence-corrected chi connectivity index (χ2v) is 6.63. The van der Waals surface area contributed by atoms with E-state index in [0.717, 1.165) is 13.1 Å². The highest BCUT2D eigenvalue weighted by Gasteiger charge is 2.44. The van der Waals surface area contributed by atoms with Crippen molar-refractivity contribution in [2.75, 3.05) is 19.3 Å². The Kier molecular flexibility index (Phi) is 3.29. The minimum Gasteiger partial charge on any atom is -0.375 e. The van der Waals surface area contributed by atoms with Crippen molar-refractivity contribution in [2.45, 2.75) is 24.8 Å². The molecule has 1 heterocycles. The van der Waals surface area contributed by atoms with Crippen LogP contribution in [0.2, 0.25) is 0 Å². The molecule has 1 aliphatic carbocycles. The molecular weight excluding hydrogens is 254 g/mol. The summed E-state index contributed by atoms with van der Waals surface area (Å²) in [6, 6.07) is 10.9. The number of nitrogen functional groups attached to an aromatic ring is 1. The number of aromatic nitrogens is 1. The molecule has 1 fully saturated rings. The van der Waals surface area contributed by atoms with Gasteiger partial charge in [0.05, 0.1) is 0 Å². The van der Waals surface area contributed by atoms with Crippen LogP contribution in [-0.2, 0) is 12.0 Å². The highest BCUT2D eigenvalue weighted by atomic mass is 32.1. The summed E-state index contributed by atoms with van der Waals surface area (Å²) in [6.45, 7) is 2.04. The Labute approximate surface area is 118 Å². The number of benzene rings is 1. The zero-order valence-corrected chi connectivity index (χ0v) is 12.0. The molecule has 1 aliphatic rings. The van der Waals surface area contributed by atoms with Gasteiger partial charge in [-0.25, -0.2) is 4.98 Å². The third-order valence-electron chi connectivity index (χ3n) is 3.81. The predicted molar refractivity (Wildman–Crippen MR) is 80.2 cm³/mol. The number of hydrogen-bond donors (Lipinski definition) is 1. The maximum Gasteiger partial charge on any atom is 0.180 e. The third-order valence-corrected chi connectivity index (χ3v) is 4.62. The molecule has 19 heavy (non-hydrogen) atoms. The zero-order valence-electron chi connectivity index (χ0n) is 11.2. The number of likely N-dealkylation sites (N-methyl/N-ethyl adjacent to an activating group) is 1. The second-order valence-electron chi connectivity index (χ2n) is 5.48. The zero-order chi connectivity index (χ0) is 13.3. The number of rotatable bonds is 5. The van der Waals surface area contributed by atoms with Crippen LogP contribution in [0.5, 0.6) is 0 Å². The summed E-state index contributed by atoms with van der Waals surface area (Å²) in [4.78, 5) is 7.73. The van der Waals surface area contributed by atoms with Crippen LogP contribution in [0, 0.1) is 0 Å². The van der Waals surface area contributed by atoms with Crippen molar-refractivity contribution < 1.29 is 0 Å². The number of thiazole rings is 1. The van der Waals surface area contributed by atoms with Crippen LogP contribution in [0.1, 0.15) is 23.3 Å². The Balaban J connectivity index is 1.65. The lowest BCUT2D eigenvalue weighted by atomic mass is 9.95. The van der Waals surface area contributed by atoms with Crippen LogP contribution >= 0.6 is 11.3 Å². The van der Waals surface area contributed by atoms with E-state index in [2.05, 4.69) is 47.3 Å². The normalized spacial score (nSPS) is 16.7. The highest BCUT2D eigenvalue weighted by molar-refractivity contribution is 7.15. The van der Waals surface area contributed by atoms with Gasteiger partial charge < -0.3 is 10.6 Å². The first-order valence-electron chi connectivity index (χ1n) is 6.62. The van der Waals surface area contributed by atoms with Gasteiger partial charge in [0.25, 0.3) is 0 Å². The van der Waals surface area contributed by atoms with E-state index in [9.17, 15) is 0 Å². The fourth-order valence-electron chi connectivity index (χ4n) is 2.72. The van der Waals surface area contributed by atoms with Crippen LogP contribution in [0.15, 0.2) is 36.5 Å².